The summed E-state index contributed by atoms with van der Waals surface area (Å²) >= 11 is 0. The smallest absolute Gasteiger partial charge is 0.115 e. The van der Waals surface area contributed by atoms with E-state index in [4.69, 9.17) is 0 Å². The zero-order valence-electron chi connectivity index (χ0n) is 24.2. The van der Waals surface area contributed by atoms with Crippen LogP contribution in [-0.2, 0) is 13.1 Å². The quantitative estimate of drug-likeness (QED) is 0.207. The van der Waals surface area contributed by atoms with Crippen molar-refractivity contribution in [2.45, 2.75) is 32.4 Å². The lowest BCUT2D eigenvalue weighted by Crippen LogP contribution is -2.70. The van der Waals surface area contributed by atoms with Crippen molar-refractivity contribution < 1.29 is 14.7 Å². The number of hydrogen-bond acceptors (Lipinski definition) is 2. The number of hydrogen-bond donors (Lipinski definition) is 2. The highest BCUT2D eigenvalue weighted by Crippen LogP contribution is 2.57. The van der Waals surface area contributed by atoms with Gasteiger partial charge in [-0.3, -0.25) is 0 Å². The third kappa shape index (κ3) is 3.78. The van der Waals surface area contributed by atoms with E-state index in [-0.39, 0.29) is 0 Å². The van der Waals surface area contributed by atoms with Gasteiger partial charge in [0.1, 0.15) is 24.6 Å². The molecule has 0 aromatic heterocycles. The molecule has 2 heterocycles. The molecule has 0 unspecified atom stereocenters. The molecule has 0 radical (unpaired) electrons. The lowest BCUT2D eigenvalue weighted by Gasteiger charge is -2.61. The van der Waals surface area contributed by atoms with Crippen molar-refractivity contribution in [1.29, 1.82) is 0 Å². The third-order valence-electron chi connectivity index (χ3n) is 10.7. The van der Waals surface area contributed by atoms with Crippen LogP contribution in [0.2, 0.25) is 0 Å². The maximum atomic E-state index is 10.2. The second-order valence-corrected chi connectivity index (χ2v) is 13.4. The Labute approximate surface area is 251 Å². The molecule has 2 N–H and O–H groups in total. The second kappa shape index (κ2) is 8.95. The molecule has 0 amide bonds. The lowest BCUT2D eigenvalue weighted by atomic mass is 9.62. The van der Waals surface area contributed by atoms with Crippen LogP contribution in [0.25, 0.3) is 54.9 Å². The van der Waals surface area contributed by atoms with Gasteiger partial charge < -0.3 is 14.7 Å². The number of quaternary nitrogens is 1. The van der Waals surface area contributed by atoms with E-state index in [1.54, 1.807) is 0 Å². The topological polar surface area (TPSA) is 40.5 Å². The number of aromatic hydroxyl groups is 2. The van der Waals surface area contributed by atoms with Gasteiger partial charge in [0.25, 0.3) is 0 Å². The summed E-state index contributed by atoms with van der Waals surface area (Å²) in [5.74, 6) is 0.590. The predicted octanol–water partition coefficient (Wildman–Crippen LogP) is 9.42. The Bertz CT molecular complexity index is 1920. The highest BCUT2D eigenvalue weighted by molar-refractivity contribution is 6.12. The zero-order chi connectivity index (χ0) is 28.8. The molecule has 43 heavy (non-hydrogen) atoms. The Kier molecular flexibility index (Phi) is 5.19. The highest BCUT2D eigenvalue weighted by Gasteiger charge is 2.59. The number of benzene rings is 6. The van der Waals surface area contributed by atoms with Gasteiger partial charge in [0.15, 0.2) is 0 Å². The van der Waals surface area contributed by atoms with Gasteiger partial charge >= 0.3 is 0 Å². The molecule has 1 saturated heterocycles. The van der Waals surface area contributed by atoms with Gasteiger partial charge in [0.05, 0.1) is 18.5 Å². The fourth-order valence-corrected chi connectivity index (χ4v) is 8.80. The van der Waals surface area contributed by atoms with Crippen molar-refractivity contribution in [1.82, 2.24) is 0 Å². The summed E-state index contributed by atoms with van der Waals surface area (Å²) in [4.78, 5) is 0. The molecule has 2 aliphatic heterocycles. The van der Waals surface area contributed by atoms with Crippen molar-refractivity contribution >= 4 is 21.5 Å². The summed E-state index contributed by atoms with van der Waals surface area (Å²) in [6, 6.07) is 38.1. The maximum Gasteiger partial charge on any atom is 0.115 e. The van der Waals surface area contributed by atoms with Crippen LogP contribution in [0.1, 0.15) is 30.4 Å². The first-order chi connectivity index (χ1) is 21.0. The largest absolute Gasteiger partial charge is 0.508 e. The Morgan fingerprint density at radius 1 is 0.535 bits per heavy atom. The summed E-state index contributed by atoms with van der Waals surface area (Å²) in [6.07, 6.45) is 4.08. The number of phenols is 2. The number of rotatable bonds is 2. The van der Waals surface area contributed by atoms with E-state index in [1.807, 2.05) is 24.3 Å². The van der Waals surface area contributed by atoms with Crippen LogP contribution in [0, 0.1) is 5.41 Å². The number of fused-ring (bicyclic) bond motifs is 7. The van der Waals surface area contributed by atoms with E-state index in [2.05, 4.69) is 84.9 Å². The predicted molar refractivity (Wildman–Crippen MR) is 175 cm³/mol. The molecule has 0 atom stereocenters. The first-order valence-corrected chi connectivity index (χ1v) is 15.5. The molecule has 3 aliphatic rings. The molecule has 3 heteroatoms. The standard InChI is InChI=1S/C40H33NO2/c42-30-14-10-26(11-15-30)34-20-28-6-1-3-8-32(28)38-36(34)22-41(24-40(25-41)18-5-19-40)23-37-35(27-12-16-31(43)17-13-27)21-29-7-2-4-9-33(29)39(37)38/h1-4,6-17,20-21H,5,18-19,22-25H2,(H-,42,43)/p+1. The van der Waals surface area contributed by atoms with Gasteiger partial charge in [-0.15, -0.1) is 0 Å². The molecule has 2 fully saturated rings. The van der Waals surface area contributed by atoms with E-state index in [0.717, 1.165) is 28.7 Å². The molecule has 210 valence electrons. The van der Waals surface area contributed by atoms with Gasteiger partial charge in [-0.1, -0.05) is 79.2 Å². The Morgan fingerprint density at radius 2 is 0.977 bits per heavy atom. The van der Waals surface area contributed by atoms with Crippen LogP contribution in [0.5, 0.6) is 11.5 Å². The van der Waals surface area contributed by atoms with Crippen molar-refractivity contribution in [2.75, 3.05) is 13.1 Å². The summed E-state index contributed by atoms with van der Waals surface area (Å²) in [7, 11) is 0. The summed E-state index contributed by atoms with van der Waals surface area (Å²) in [5.41, 5.74) is 10.9. The van der Waals surface area contributed by atoms with Crippen molar-refractivity contribution in [3.05, 3.63) is 120 Å². The zero-order valence-corrected chi connectivity index (χ0v) is 24.2. The van der Waals surface area contributed by atoms with Crippen LogP contribution in [-0.4, -0.2) is 27.8 Å². The van der Waals surface area contributed by atoms with Crippen LogP contribution >= 0.6 is 0 Å². The minimum Gasteiger partial charge on any atom is -0.508 e. The Balaban J connectivity index is 1.43. The second-order valence-electron chi connectivity index (χ2n) is 13.4. The van der Waals surface area contributed by atoms with Crippen LogP contribution < -0.4 is 0 Å². The van der Waals surface area contributed by atoms with Gasteiger partial charge in [-0.25, -0.2) is 0 Å². The Hall–Kier alpha value is -4.60. The van der Waals surface area contributed by atoms with E-state index < -0.39 is 0 Å². The summed E-state index contributed by atoms with van der Waals surface area (Å²) in [5, 5.41) is 25.4. The molecular weight excluding hydrogens is 526 g/mol. The number of nitrogens with zero attached hydrogens (tertiary/aromatic N) is 1. The molecule has 1 aliphatic carbocycles. The minimum atomic E-state index is 0.295. The van der Waals surface area contributed by atoms with Gasteiger partial charge in [0, 0.05) is 22.3 Å². The van der Waals surface area contributed by atoms with E-state index in [9.17, 15) is 10.2 Å². The first-order valence-electron chi connectivity index (χ1n) is 15.5. The van der Waals surface area contributed by atoms with E-state index >= 15 is 0 Å². The van der Waals surface area contributed by atoms with Crippen LogP contribution in [0.3, 0.4) is 0 Å². The van der Waals surface area contributed by atoms with Crippen LogP contribution in [0.4, 0.5) is 0 Å². The fourth-order valence-electron chi connectivity index (χ4n) is 8.80. The number of phenolic OH excluding ortho intramolecular Hbond substituents is 2. The third-order valence-corrected chi connectivity index (χ3v) is 10.7. The monoisotopic (exact) mass is 560 g/mol. The molecule has 2 spiro atoms. The molecule has 9 rings (SSSR count). The molecular formula is C40H34NO2+. The van der Waals surface area contributed by atoms with E-state index in [1.165, 1.54) is 87.3 Å². The highest BCUT2D eigenvalue weighted by atomic mass is 16.3. The van der Waals surface area contributed by atoms with Crippen molar-refractivity contribution in [3.8, 4) is 44.9 Å². The molecule has 1 saturated carbocycles. The summed E-state index contributed by atoms with van der Waals surface area (Å²) in [6.45, 7) is 4.46. The molecule has 6 aromatic rings. The average Bonchev–Trinajstić information content (AvgIpc) is 3.15. The van der Waals surface area contributed by atoms with Gasteiger partial charge in [-0.2, -0.15) is 0 Å². The van der Waals surface area contributed by atoms with E-state index in [0.29, 0.717) is 16.9 Å². The molecule has 6 aromatic carbocycles. The molecule has 0 bridgehead atoms. The van der Waals surface area contributed by atoms with Gasteiger partial charge in [0.2, 0.25) is 0 Å². The van der Waals surface area contributed by atoms with Crippen molar-refractivity contribution in [3.63, 3.8) is 0 Å². The molecule has 3 nitrogen and oxygen atoms in total. The van der Waals surface area contributed by atoms with Crippen molar-refractivity contribution in [2.24, 2.45) is 5.41 Å². The first kappa shape index (κ1) is 24.9. The minimum absolute atomic E-state index is 0.295. The fraction of sp³-hybridized carbons (Fsp3) is 0.200. The van der Waals surface area contributed by atoms with Gasteiger partial charge in [-0.05, 0) is 93.0 Å². The lowest BCUT2D eigenvalue weighted by molar-refractivity contribution is -1.01. The average molecular weight is 561 g/mol. The maximum absolute atomic E-state index is 10.2. The summed E-state index contributed by atoms with van der Waals surface area (Å²) < 4.78 is 1.08. The normalized spacial score (nSPS) is 17.7. The van der Waals surface area contributed by atoms with Crippen LogP contribution in [0.15, 0.2) is 109 Å². The SMILES string of the molecule is Oc1ccc(-c2cc3ccccc3c3c2C[N+]2(Cc4c(-c5ccc(O)cc5)cc5ccccc5c4-3)CC3(CCC3)C2)cc1. The Morgan fingerprint density at radius 3 is 1.40 bits per heavy atom.